The third kappa shape index (κ3) is 3.24. The van der Waals surface area contributed by atoms with Crippen molar-refractivity contribution in [2.45, 2.75) is 38.1 Å². The maximum Gasteiger partial charge on any atom is 0.118 e. The van der Waals surface area contributed by atoms with Crippen LogP contribution in [0, 0.1) is 5.41 Å². The average Bonchev–Trinajstić information content (AvgIpc) is 2.14. The highest BCUT2D eigenvalue weighted by molar-refractivity contribution is 5.44. The highest BCUT2D eigenvalue weighted by atomic mass is 15.2. The van der Waals surface area contributed by atoms with Crippen LogP contribution < -0.4 is 0 Å². The lowest BCUT2D eigenvalue weighted by Crippen LogP contribution is -2.08. The summed E-state index contributed by atoms with van der Waals surface area (Å²) in [6, 6.07) is 4.63. The Kier molecular flexibility index (Phi) is 4.00. The third-order valence-electron chi connectivity index (χ3n) is 1.96. The molecule has 4 heteroatoms. The molecule has 0 amide bonds. The first-order chi connectivity index (χ1) is 5.93. The van der Waals surface area contributed by atoms with Gasteiger partial charge in [0.05, 0.1) is 6.04 Å². The van der Waals surface area contributed by atoms with E-state index in [4.69, 9.17) is 5.41 Å². The second-order valence-electron chi connectivity index (χ2n) is 2.83. The predicted molar refractivity (Wildman–Crippen MR) is 46.9 cm³/mol. The first-order valence-corrected chi connectivity index (χ1v) is 4.20. The molecular weight excluding hydrogens is 152 g/mol. The van der Waals surface area contributed by atoms with Crippen LogP contribution in [0.15, 0.2) is 15.2 Å². The molecule has 1 fully saturated rings. The van der Waals surface area contributed by atoms with Crippen LogP contribution in [0.5, 0.6) is 0 Å². The lowest BCUT2D eigenvalue weighted by molar-refractivity contribution is 0.444. The predicted octanol–water partition coefficient (Wildman–Crippen LogP) is 2.16. The molecule has 12 heavy (non-hydrogen) atoms. The van der Waals surface area contributed by atoms with Gasteiger partial charge in [0.1, 0.15) is 12.0 Å². The van der Waals surface area contributed by atoms with E-state index in [2.05, 4.69) is 21.2 Å². The van der Waals surface area contributed by atoms with Gasteiger partial charge in [0, 0.05) is 0 Å². The van der Waals surface area contributed by atoms with Crippen LogP contribution in [0.2, 0.25) is 0 Å². The molecule has 1 aliphatic carbocycles. The molecule has 0 atom stereocenters. The molecule has 0 heterocycles. The lowest BCUT2D eigenvalue weighted by Gasteiger charge is -2.15. The fraction of sp³-hybridized carbons (Fsp3) is 0.750. The van der Waals surface area contributed by atoms with E-state index in [0.29, 0.717) is 6.04 Å². The fourth-order valence-corrected chi connectivity index (χ4v) is 1.36. The Morgan fingerprint density at radius 1 is 1.08 bits per heavy atom. The largest absolute Gasteiger partial charge is 0.240 e. The van der Waals surface area contributed by atoms with Gasteiger partial charge < -0.3 is 0 Å². The van der Waals surface area contributed by atoms with Gasteiger partial charge in [-0.3, -0.25) is 0 Å². The maximum absolute atomic E-state index is 6.43. The van der Waals surface area contributed by atoms with Gasteiger partial charge in [-0.25, -0.2) is 10.4 Å². The van der Waals surface area contributed by atoms with Gasteiger partial charge in [0.15, 0.2) is 0 Å². The Labute approximate surface area is 71.6 Å². The van der Waals surface area contributed by atoms with Crippen LogP contribution in [0.3, 0.4) is 0 Å². The van der Waals surface area contributed by atoms with Gasteiger partial charge in [-0.1, -0.05) is 29.5 Å². The summed E-state index contributed by atoms with van der Waals surface area (Å²) >= 11 is 0. The number of hydrogen-bond donors (Lipinski definition) is 1. The van der Waals surface area contributed by atoms with E-state index < -0.39 is 0 Å². The Hall–Kier alpha value is -1.24. The Balaban J connectivity index is 2.37. The van der Waals surface area contributed by atoms with Crippen molar-refractivity contribution in [2.24, 2.45) is 15.2 Å². The minimum absolute atomic E-state index is 0.378. The third-order valence-corrected chi connectivity index (χ3v) is 1.96. The molecule has 64 valence electrons. The summed E-state index contributed by atoms with van der Waals surface area (Å²) in [6.45, 7) is 0. The number of nitrogens with zero attached hydrogens (tertiary/aromatic N) is 3. The van der Waals surface area contributed by atoms with Crippen molar-refractivity contribution < 1.29 is 0 Å². The summed E-state index contributed by atoms with van der Waals surface area (Å²) in [6.07, 6.45) is 6.10. The Morgan fingerprint density at radius 3 is 2.50 bits per heavy atom. The highest BCUT2D eigenvalue weighted by Crippen LogP contribution is 2.19. The van der Waals surface area contributed by atoms with Crippen LogP contribution in [-0.4, -0.2) is 18.1 Å². The number of aliphatic imine (C=N–C) groups is 1. The van der Waals surface area contributed by atoms with E-state index in [0.717, 1.165) is 12.8 Å². The molecule has 0 radical (unpaired) electrons. The lowest BCUT2D eigenvalue weighted by atomic mass is 9.96. The number of rotatable bonds is 2. The van der Waals surface area contributed by atoms with E-state index in [1.165, 1.54) is 19.3 Å². The standard InChI is InChI=1S/C8H12N4/c9-6-11-12-7-10-8-4-2-1-3-5-8/h8-9H,1-5H2. The van der Waals surface area contributed by atoms with Gasteiger partial charge in [0.2, 0.25) is 0 Å². The smallest absolute Gasteiger partial charge is 0.118 e. The van der Waals surface area contributed by atoms with Gasteiger partial charge in [-0.05, 0) is 12.8 Å². The molecule has 0 bridgehead atoms. The summed E-state index contributed by atoms with van der Waals surface area (Å²) < 4.78 is 0. The first kappa shape index (κ1) is 8.85. The zero-order valence-electron chi connectivity index (χ0n) is 6.95. The molecule has 0 aromatic heterocycles. The molecule has 0 aromatic rings. The molecule has 1 saturated carbocycles. The van der Waals surface area contributed by atoms with Crippen LogP contribution in [0.4, 0.5) is 0 Å². The SMILES string of the molecule is N=C=NN=C=NC1CCCCC1. The molecular formula is C8H12N4. The normalized spacial score (nSPS) is 17.3. The number of nitrogens with one attached hydrogen (secondary N) is 1. The first-order valence-electron chi connectivity index (χ1n) is 4.20. The second kappa shape index (κ2) is 5.42. The van der Waals surface area contributed by atoms with Crippen molar-refractivity contribution in [1.29, 1.82) is 5.41 Å². The molecule has 0 spiro atoms. The molecule has 1 rings (SSSR count). The summed E-state index contributed by atoms with van der Waals surface area (Å²) in [5.74, 6) is 0. The van der Waals surface area contributed by atoms with Crippen molar-refractivity contribution in [3.8, 4) is 0 Å². The van der Waals surface area contributed by atoms with Gasteiger partial charge in [-0.2, -0.15) is 0 Å². The van der Waals surface area contributed by atoms with Crippen molar-refractivity contribution in [2.75, 3.05) is 0 Å². The summed E-state index contributed by atoms with van der Waals surface area (Å²) in [5.41, 5.74) is 0. The highest BCUT2D eigenvalue weighted by Gasteiger charge is 2.10. The molecule has 0 unspecified atom stereocenters. The van der Waals surface area contributed by atoms with Crippen molar-refractivity contribution in [3.05, 3.63) is 0 Å². The van der Waals surface area contributed by atoms with E-state index in [9.17, 15) is 0 Å². The quantitative estimate of drug-likeness (QED) is 0.480. The van der Waals surface area contributed by atoms with E-state index in [1.807, 2.05) is 0 Å². The minimum atomic E-state index is 0.378. The molecule has 4 nitrogen and oxygen atoms in total. The zero-order valence-corrected chi connectivity index (χ0v) is 6.95. The topological polar surface area (TPSA) is 60.9 Å². The number of hydrogen-bond acceptors (Lipinski definition) is 4. The summed E-state index contributed by atoms with van der Waals surface area (Å²) in [7, 11) is 0. The summed E-state index contributed by atoms with van der Waals surface area (Å²) in [5, 5.41) is 13.0. The van der Waals surface area contributed by atoms with E-state index in [1.54, 1.807) is 6.01 Å². The van der Waals surface area contributed by atoms with Crippen LogP contribution >= 0.6 is 0 Å². The van der Waals surface area contributed by atoms with E-state index in [-0.39, 0.29) is 0 Å². The van der Waals surface area contributed by atoms with Crippen LogP contribution in [0.1, 0.15) is 32.1 Å². The van der Waals surface area contributed by atoms with Crippen LogP contribution in [0.25, 0.3) is 0 Å². The zero-order chi connectivity index (χ0) is 8.65. The molecule has 1 aliphatic rings. The molecule has 1 N–H and O–H groups in total. The molecule has 0 aromatic carbocycles. The Morgan fingerprint density at radius 2 is 1.83 bits per heavy atom. The van der Waals surface area contributed by atoms with Crippen molar-refractivity contribution >= 4 is 12.0 Å². The van der Waals surface area contributed by atoms with Gasteiger partial charge in [-0.15, -0.1) is 0 Å². The van der Waals surface area contributed by atoms with E-state index >= 15 is 0 Å². The Bertz CT molecular complexity index is 227. The summed E-state index contributed by atoms with van der Waals surface area (Å²) in [4.78, 5) is 4.09. The fourth-order valence-electron chi connectivity index (χ4n) is 1.36. The molecule has 0 aliphatic heterocycles. The monoisotopic (exact) mass is 164 g/mol. The maximum atomic E-state index is 6.43. The van der Waals surface area contributed by atoms with Gasteiger partial charge >= 0.3 is 0 Å². The van der Waals surface area contributed by atoms with Crippen molar-refractivity contribution in [3.63, 3.8) is 0 Å². The second-order valence-corrected chi connectivity index (χ2v) is 2.83. The van der Waals surface area contributed by atoms with Crippen LogP contribution in [-0.2, 0) is 0 Å². The van der Waals surface area contributed by atoms with Gasteiger partial charge in [0.25, 0.3) is 0 Å². The average molecular weight is 164 g/mol. The molecule has 0 saturated heterocycles. The van der Waals surface area contributed by atoms with Crippen molar-refractivity contribution in [1.82, 2.24) is 0 Å². The minimum Gasteiger partial charge on any atom is -0.240 e.